The predicted molar refractivity (Wildman–Crippen MR) is 61.8 cm³/mol. The van der Waals surface area contributed by atoms with Gasteiger partial charge in [-0.1, -0.05) is 0 Å². The molecular formula is C11H17N3O4. The van der Waals surface area contributed by atoms with Gasteiger partial charge in [0.2, 0.25) is 11.8 Å². The highest BCUT2D eigenvalue weighted by atomic mass is 16.4. The van der Waals surface area contributed by atoms with Gasteiger partial charge in [0.1, 0.15) is 6.04 Å². The molecule has 0 saturated carbocycles. The monoisotopic (exact) mass is 255 g/mol. The molecule has 0 spiro atoms. The van der Waals surface area contributed by atoms with Crippen LogP contribution < -0.4 is 10.6 Å². The second kappa shape index (κ2) is 5.34. The number of aliphatic carboxylic acids is 1. The lowest BCUT2D eigenvalue weighted by molar-refractivity contribution is -0.148. The zero-order valence-electron chi connectivity index (χ0n) is 10.0. The SMILES string of the molecule is O=C1CC(N2CC(=O)NCC2C(=O)O)CCCN1. The highest BCUT2D eigenvalue weighted by Gasteiger charge is 2.37. The summed E-state index contributed by atoms with van der Waals surface area (Å²) in [4.78, 5) is 35.7. The number of rotatable bonds is 2. The first-order valence-electron chi connectivity index (χ1n) is 6.10. The van der Waals surface area contributed by atoms with Crippen LogP contribution in [0, 0.1) is 0 Å². The van der Waals surface area contributed by atoms with Crippen LogP contribution in [-0.4, -0.2) is 59.5 Å². The van der Waals surface area contributed by atoms with Gasteiger partial charge in [-0.2, -0.15) is 0 Å². The summed E-state index contributed by atoms with van der Waals surface area (Å²) in [6, 6.07) is -0.904. The van der Waals surface area contributed by atoms with E-state index < -0.39 is 12.0 Å². The van der Waals surface area contributed by atoms with Gasteiger partial charge < -0.3 is 15.7 Å². The molecule has 2 saturated heterocycles. The van der Waals surface area contributed by atoms with Crippen molar-refractivity contribution in [2.24, 2.45) is 0 Å². The van der Waals surface area contributed by atoms with E-state index in [-0.39, 0.29) is 37.4 Å². The van der Waals surface area contributed by atoms with Crippen LogP contribution >= 0.6 is 0 Å². The summed E-state index contributed by atoms with van der Waals surface area (Å²) in [7, 11) is 0. The summed E-state index contributed by atoms with van der Waals surface area (Å²) in [5, 5.41) is 14.5. The Morgan fingerprint density at radius 1 is 1.28 bits per heavy atom. The molecule has 18 heavy (non-hydrogen) atoms. The zero-order chi connectivity index (χ0) is 13.1. The summed E-state index contributed by atoms with van der Waals surface area (Å²) >= 11 is 0. The number of nitrogens with one attached hydrogen (secondary N) is 2. The van der Waals surface area contributed by atoms with Gasteiger partial charge in [0.15, 0.2) is 0 Å². The largest absolute Gasteiger partial charge is 0.480 e. The average molecular weight is 255 g/mol. The molecule has 2 atom stereocenters. The molecule has 0 aromatic heterocycles. The Morgan fingerprint density at radius 3 is 2.78 bits per heavy atom. The Bertz CT molecular complexity index is 371. The minimum Gasteiger partial charge on any atom is -0.480 e. The number of carboxylic acids is 1. The Labute approximate surface area is 105 Å². The van der Waals surface area contributed by atoms with Gasteiger partial charge in [0, 0.05) is 25.6 Å². The molecule has 2 rings (SSSR count). The summed E-state index contributed by atoms with van der Waals surface area (Å²) < 4.78 is 0. The van der Waals surface area contributed by atoms with E-state index in [1.165, 1.54) is 0 Å². The molecule has 0 aliphatic carbocycles. The van der Waals surface area contributed by atoms with Crippen LogP contribution in [0.3, 0.4) is 0 Å². The van der Waals surface area contributed by atoms with Crippen molar-refractivity contribution >= 4 is 17.8 Å². The second-order valence-electron chi connectivity index (χ2n) is 4.68. The van der Waals surface area contributed by atoms with Crippen LogP contribution in [0.5, 0.6) is 0 Å². The zero-order valence-corrected chi connectivity index (χ0v) is 10.0. The molecule has 0 bridgehead atoms. The maximum Gasteiger partial charge on any atom is 0.322 e. The molecular weight excluding hydrogens is 238 g/mol. The van der Waals surface area contributed by atoms with Crippen molar-refractivity contribution in [2.75, 3.05) is 19.6 Å². The smallest absolute Gasteiger partial charge is 0.322 e. The topological polar surface area (TPSA) is 98.7 Å². The number of carbonyl (C=O) groups is 3. The van der Waals surface area contributed by atoms with E-state index in [2.05, 4.69) is 10.6 Å². The lowest BCUT2D eigenvalue weighted by Gasteiger charge is -2.37. The van der Waals surface area contributed by atoms with Crippen LogP contribution in [-0.2, 0) is 14.4 Å². The molecule has 0 radical (unpaired) electrons. The summed E-state index contributed by atoms with van der Waals surface area (Å²) in [5.74, 6) is -1.22. The predicted octanol–water partition coefficient (Wildman–Crippen LogP) is -1.46. The molecule has 2 heterocycles. The van der Waals surface area contributed by atoms with Crippen LogP contribution in [0.25, 0.3) is 0 Å². The van der Waals surface area contributed by atoms with Crippen molar-refractivity contribution in [2.45, 2.75) is 31.3 Å². The third kappa shape index (κ3) is 2.79. The fourth-order valence-electron chi connectivity index (χ4n) is 2.51. The first kappa shape index (κ1) is 12.8. The Kier molecular flexibility index (Phi) is 3.81. The van der Waals surface area contributed by atoms with Crippen molar-refractivity contribution in [3.63, 3.8) is 0 Å². The number of hydrogen-bond donors (Lipinski definition) is 3. The molecule has 3 N–H and O–H groups in total. The first-order chi connectivity index (χ1) is 8.58. The molecule has 7 heteroatoms. The molecule has 2 fully saturated rings. The highest BCUT2D eigenvalue weighted by molar-refractivity contribution is 5.83. The van der Waals surface area contributed by atoms with Gasteiger partial charge in [-0.3, -0.25) is 19.3 Å². The Hall–Kier alpha value is -1.63. The van der Waals surface area contributed by atoms with Crippen molar-refractivity contribution in [3.8, 4) is 0 Å². The third-order valence-electron chi connectivity index (χ3n) is 3.43. The van der Waals surface area contributed by atoms with E-state index in [1.54, 1.807) is 4.90 Å². The lowest BCUT2D eigenvalue weighted by atomic mass is 10.0. The van der Waals surface area contributed by atoms with Gasteiger partial charge in [-0.25, -0.2) is 0 Å². The lowest BCUT2D eigenvalue weighted by Crippen LogP contribution is -2.60. The number of piperazine rings is 1. The van der Waals surface area contributed by atoms with Crippen LogP contribution in [0.4, 0.5) is 0 Å². The molecule has 2 amide bonds. The number of carboxylic acid groups (broad SMARTS) is 1. The molecule has 2 aliphatic heterocycles. The third-order valence-corrected chi connectivity index (χ3v) is 3.43. The second-order valence-corrected chi connectivity index (χ2v) is 4.68. The molecule has 2 aliphatic rings. The summed E-state index contributed by atoms with van der Waals surface area (Å²) in [5.41, 5.74) is 0. The first-order valence-corrected chi connectivity index (χ1v) is 6.10. The maximum atomic E-state index is 11.5. The van der Waals surface area contributed by atoms with Gasteiger partial charge in [0.25, 0.3) is 0 Å². The summed E-state index contributed by atoms with van der Waals surface area (Å²) in [6.45, 7) is 0.772. The molecule has 2 unspecified atom stereocenters. The highest BCUT2D eigenvalue weighted by Crippen LogP contribution is 2.18. The van der Waals surface area contributed by atoms with E-state index >= 15 is 0 Å². The van der Waals surface area contributed by atoms with Gasteiger partial charge >= 0.3 is 5.97 Å². The Balaban J connectivity index is 2.12. The summed E-state index contributed by atoms with van der Waals surface area (Å²) in [6.07, 6.45) is 1.80. The van der Waals surface area contributed by atoms with Crippen molar-refractivity contribution in [1.29, 1.82) is 0 Å². The van der Waals surface area contributed by atoms with Crippen LogP contribution in [0.2, 0.25) is 0 Å². The minimum atomic E-state index is -0.959. The van der Waals surface area contributed by atoms with Gasteiger partial charge in [0.05, 0.1) is 6.54 Å². The van der Waals surface area contributed by atoms with Crippen LogP contribution in [0.1, 0.15) is 19.3 Å². The molecule has 0 aromatic carbocycles. The quantitative estimate of drug-likeness (QED) is 0.560. The van der Waals surface area contributed by atoms with E-state index in [0.717, 1.165) is 12.8 Å². The van der Waals surface area contributed by atoms with E-state index in [0.29, 0.717) is 6.54 Å². The van der Waals surface area contributed by atoms with E-state index in [9.17, 15) is 14.4 Å². The number of nitrogens with zero attached hydrogens (tertiary/aromatic N) is 1. The number of carbonyl (C=O) groups excluding carboxylic acids is 2. The van der Waals surface area contributed by atoms with Crippen molar-refractivity contribution in [3.05, 3.63) is 0 Å². The Morgan fingerprint density at radius 2 is 2.06 bits per heavy atom. The minimum absolute atomic E-state index is 0.0505. The maximum absolute atomic E-state index is 11.5. The standard InChI is InChI=1S/C11H17N3O4/c15-9-4-7(2-1-3-12-9)14-6-10(16)13-5-8(14)11(17)18/h7-8H,1-6H2,(H,12,15)(H,13,16)(H,17,18). The fourth-order valence-corrected chi connectivity index (χ4v) is 2.51. The van der Waals surface area contributed by atoms with Gasteiger partial charge in [-0.15, -0.1) is 0 Å². The normalized spacial score (nSPS) is 30.2. The average Bonchev–Trinajstić information content (AvgIpc) is 2.53. The van der Waals surface area contributed by atoms with E-state index in [1.807, 2.05) is 0 Å². The van der Waals surface area contributed by atoms with Crippen LogP contribution in [0.15, 0.2) is 0 Å². The van der Waals surface area contributed by atoms with Crippen molar-refractivity contribution < 1.29 is 19.5 Å². The molecule has 0 aromatic rings. The van der Waals surface area contributed by atoms with Gasteiger partial charge in [-0.05, 0) is 12.8 Å². The molecule has 7 nitrogen and oxygen atoms in total. The van der Waals surface area contributed by atoms with Crippen molar-refractivity contribution in [1.82, 2.24) is 15.5 Å². The molecule has 100 valence electrons. The van der Waals surface area contributed by atoms with E-state index in [4.69, 9.17) is 5.11 Å². The number of hydrogen-bond acceptors (Lipinski definition) is 4. The fraction of sp³-hybridized carbons (Fsp3) is 0.727. The number of amides is 2.